The SMILES string of the molecule is c1ccc(-n2ncc3c(N4CCN(CC5CCOC5)CC4)ncnc32)cc1. The summed E-state index contributed by atoms with van der Waals surface area (Å²) < 4.78 is 7.40. The molecule has 4 heterocycles. The van der Waals surface area contributed by atoms with E-state index in [2.05, 4.69) is 24.9 Å². The summed E-state index contributed by atoms with van der Waals surface area (Å²) in [5.74, 6) is 1.69. The fourth-order valence-electron chi connectivity index (χ4n) is 4.08. The normalized spacial score (nSPS) is 21.2. The van der Waals surface area contributed by atoms with Crippen molar-refractivity contribution in [2.24, 2.45) is 5.92 Å². The number of fused-ring (bicyclic) bond motifs is 1. The number of ether oxygens (including phenoxy) is 1. The third kappa shape index (κ3) is 3.28. The van der Waals surface area contributed by atoms with Crippen LogP contribution in [-0.2, 0) is 4.74 Å². The molecule has 1 unspecified atom stereocenters. The summed E-state index contributed by atoms with van der Waals surface area (Å²) >= 11 is 0. The zero-order valence-corrected chi connectivity index (χ0v) is 15.4. The molecule has 2 fully saturated rings. The largest absolute Gasteiger partial charge is 0.381 e. The number of hydrogen-bond donors (Lipinski definition) is 0. The fourth-order valence-corrected chi connectivity index (χ4v) is 4.08. The number of nitrogens with zero attached hydrogens (tertiary/aromatic N) is 6. The molecule has 2 aliphatic heterocycles. The molecule has 0 bridgehead atoms. The van der Waals surface area contributed by atoms with Gasteiger partial charge >= 0.3 is 0 Å². The number of rotatable bonds is 4. The van der Waals surface area contributed by atoms with Crippen LogP contribution in [0, 0.1) is 5.92 Å². The molecule has 5 rings (SSSR count). The summed E-state index contributed by atoms with van der Waals surface area (Å²) in [4.78, 5) is 14.0. The molecule has 0 N–H and O–H groups in total. The highest BCUT2D eigenvalue weighted by molar-refractivity contribution is 5.87. The standard InChI is InChI=1S/C20H24N6O/c1-2-4-17(5-3-1)26-20-18(12-23-26)19(21-15-22-20)25-9-7-24(8-10-25)13-16-6-11-27-14-16/h1-5,12,15-16H,6-11,13-14H2. The Balaban J connectivity index is 1.34. The zero-order chi connectivity index (χ0) is 18.1. The molecule has 7 heteroatoms. The van der Waals surface area contributed by atoms with Gasteiger partial charge in [-0.1, -0.05) is 18.2 Å². The van der Waals surface area contributed by atoms with Crippen LogP contribution in [0.25, 0.3) is 16.7 Å². The van der Waals surface area contributed by atoms with Crippen LogP contribution in [0.15, 0.2) is 42.9 Å². The van der Waals surface area contributed by atoms with Crippen LogP contribution in [0.2, 0.25) is 0 Å². The van der Waals surface area contributed by atoms with Gasteiger partial charge in [0.1, 0.15) is 12.1 Å². The Labute approximate surface area is 158 Å². The molecule has 3 aromatic rings. The average Bonchev–Trinajstić information content (AvgIpc) is 3.39. The molecule has 1 aromatic carbocycles. The molecule has 2 aliphatic rings. The van der Waals surface area contributed by atoms with Crippen LogP contribution in [0.3, 0.4) is 0 Å². The first kappa shape index (κ1) is 16.6. The van der Waals surface area contributed by atoms with E-state index >= 15 is 0 Å². The minimum absolute atomic E-state index is 0.700. The van der Waals surface area contributed by atoms with Crippen LogP contribution >= 0.6 is 0 Å². The van der Waals surface area contributed by atoms with Gasteiger partial charge in [0.05, 0.1) is 23.9 Å². The van der Waals surface area contributed by atoms with Crippen molar-refractivity contribution in [3.8, 4) is 5.69 Å². The Hall–Kier alpha value is -2.51. The molecular weight excluding hydrogens is 340 g/mol. The number of aromatic nitrogens is 4. The Kier molecular flexibility index (Phi) is 4.47. The van der Waals surface area contributed by atoms with Crippen molar-refractivity contribution < 1.29 is 4.74 Å². The molecule has 0 aliphatic carbocycles. The molecule has 0 spiro atoms. The van der Waals surface area contributed by atoms with Crippen LogP contribution in [-0.4, -0.2) is 70.6 Å². The maximum absolute atomic E-state index is 5.51. The Morgan fingerprint density at radius 3 is 2.67 bits per heavy atom. The predicted molar refractivity (Wildman–Crippen MR) is 104 cm³/mol. The number of benzene rings is 1. The van der Waals surface area contributed by atoms with Crippen molar-refractivity contribution in [2.45, 2.75) is 6.42 Å². The monoisotopic (exact) mass is 364 g/mol. The third-order valence-electron chi connectivity index (χ3n) is 5.56. The topological polar surface area (TPSA) is 59.3 Å². The quantitative estimate of drug-likeness (QED) is 0.706. The van der Waals surface area contributed by atoms with Crippen LogP contribution in [0.1, 0.15) is 6.42 Å². The van der Waals surface area contributed by atoms with Gasteiger partial charge in [-0.15, -0.1) is 0 Å². The minimum Gasteiger partial charge on any atom is -0.381 e. The molecule has 27 heavy (non-hydrogen) atoms. The predicted octanol–water partition coefficient (Wildman–Crippen LogP) is 1.97. The maximum Gasteiger partial charge on any atom is 0.168 e. The molecular formula is C20H24N6O. The summed E-state index contributed by atoms with van der Waals surface area (Å²) in [5.41, 5.74) is 1.87. The van der Waals surface area contributed by atoms with Crippen molar-refractivity contribution in [1.82, 2.24) is 24.6 Å². The molecule has 0 saturated carbocycles. The summed E-state index contributed by atoms with van der Waals surface area (Å²) in [6.07, 6.45) is 4.74. The summed E-state index contributed by atoms with van der Waals surface area (Å²) in [6.45, 7) is 7.09. The molecule has 0 radical (unpaired) electrons. The van der Waals surface area contributed by atoms with E-state index in [1.165, 1.54) is 6.42 Å². The highest BCUT2D eigenvalue weighted by Gasteiger charge is 2.24. The lowest BCUT2D eigenvalue weighted by Gasteiger charge is -2.36. The van der Waals surface area contributed by atoms with Crippen molar-refractivity contribution in [1.29, 1.82) is 0 Å². The highest BCUT2D eigenvalue weighted by atomic mass is 16.5. The van der Waals surface area contributed by atoms with Gasteiger partial charge in [0.2, 0.25) is 0 Å². The van der Waals surface area contributed by atoms with Gasteiger partial charge in [-0.2, -0.15) is 5.10 Å². The molecule has 7 nitrogen and oxygen atoms in total. The molecule has 2 aromatic heterocycles. The van der Waals surface area contributed by atoms with Crippen molar-refractivity contribution in [3.63, 3.8) is 0 Å². The van der Waals surface area contributed by atoms with E-state index in [9.17, 15) is 0 Å². The third-order valence-corrected chi connectivity index (χ3v) is 5.56. The number of anilines is 1. The van der Waals surface area contributed by atoms with E-state index in [-0.39, 0.29) is 0 Å². The van der Waals surface area contributed by atoms with E-state index in [0.29, 0.717) is 5.92 Å². The van der Waals surface area contributed by atoms with E-state index in [1.54, 1.807) is 6.33 Å². The summed E-state index contributed by atoms with van der Waals surface area (Å²) in [7, 11) is 0. The molecule has 1 atom stereocenters. The van der Waals surface area contributed by atoms with Crippen LogP contribution in [0.4, 0.5) is 5.82 Å². The highest BCUT2D eigenvalue weighted by Crippen LogP contribution is 2.25. The molecule has 2 saturated heterocycles. The second-order valence-corrected chi connectivity index (χ2v) is 7.34. The molecule has 140 valence electrons. The van der Waals surface area contributed by atoms with Gasteiger partial charge in [-0.25, -0.2) is 14.6 Å². The first-order valence-electron chi connectivity index (χ1n) is 9.68. The van der Waals surface area contributed by atoms with Crippen molar-refractivity contribution >= 4 is 16.9 Å². The van der Waals surface area contributed by atoms with E-state index in [4.69, 9.17) is 4.74 Å². The smallest absolute Gasteiger partial charge is 0.168 e. The van der Waals surface area contributed by atoms with Crippen molar-refractivity contribution in [3.05, 3.63) is 42.9 Å². The van der Waals surface area contributed by atoms with Gasteiger partial charge in [-0.05, 0) is 24.5 Å². The number of piperazine rings is 1. The zero-order valence-electron chi connectivity index (χ0n) is 15.4. The lowest BCUT2D eigenvalue weighted by Crippen LogP contribution is -2.48. The Morgan fingerprint density at radius 2 is 1.89 bits per heavy atom. The molecule has 0 amide bonds. The Morgan fingerprint density at radius 1 is 1.04 bits per heavy atom. The lowest BCUT2D eigenvalue weighted by molar-refractivity contribution is 0.164. The maximum atomic E-state index is 5.51. The number of hydrogen-bond acceptors (Lipinski definition) is 6. The average molecular weight is 364 g/mol. The van der Waals surface area contributed by atoms with Gasteiger partial charge in [0, 0.05) is 39.3 Å². The van der Waals surface area contributed by atoms with Gasteiger partial charge in [-0.3, -0.25) is 4.90 Å². The lowest BCUT2D eigenvalue weighted by atomic mass is 10.1. The van der Waals surface area contributed by atoms with E-state index in [1.807, 2.05) is 41.2 Å². The summed E-state index contributed by atoms with van der Waals surface area (Å²) in [6, 6.07) is 10.1. The Bertz CT molecular complexity index is 897. The van der Waals surface area contributed by atoms with Crippen molar-refractivity contribution in [2.75, 3.05) is 50.8 Å². The number of para-hydroxylation sites is 1. The first-order valence-corrected chi connectivity index (χ1v) is 9.68. The van der Waals surface area contributed by atoms with Crippen LogP contribution < -0.4 is 4.90 Å². The summed E-state index contributed by atoms with van der Waals surface area (Å²) in [5, 5.41) is 5.58. The second kappa shape index (κ2) is 7.25. The van der Waals surface area contributed by atoms with Crippen LogP contribution in [0.5, 0.6) is 0 Å². The van der Waals surface area contributed by atoms with E-state index in [0.717, 1.165) is 68.5 Å². The fraction of sp³-hybridized carbons (Fsp3) is 0.450. The van der Waals surface area contributed by atoms with E-state index < -0.39 is 0 Å². The van der Waals surface area contributed by atoms with Gasteiger partial charge in [0.15, 0.2) is 5.65 Å². The first-order chi connectivity index (χ1) is 13.4. The second-order valence-electron chi connectivity index (χ2n) is 7.34. The van der Waals surface area contributed by atoms with Gasteiger partial charge in [0.25, 0.3) is 0 Å². The minimum atomic E-state index is 0.700. The van der Waals surface area contributed by atoms with Gasteiger partial charge < -0.3 is 9.64 Å².